The number of nitrogens with one attached hydrogen (secondary N) is 1. The molecule has 1 aromatic rings. The molecule has 9 heteroatoms. The first-order chi connectivity index (χ1) is 13.1. The van der Waals surface area contributed by atoms with Crippen molar-refractivity contribution < 1.29 is 22.7 Å². The van der Waals surface area contributed by atoms with Crippen LogP contribution < -0.4 is 5.32 Å². The van der Waals surface area contributed by atoms with Gasteiger partial charge in [-0.2, -0.15) is 9.57 Å². The summed E-state index contributed by atoms with van der Waals surface area (Å²) in [6.45, 7) is 5.66. The van der Waals surface area contributed by atoms with Crippen molar-refractivity contribution >= 4 is 21.9 Å². The third-order valence-electron chi connectivity index (χ3n) is 4.91. The second-order valence-corrected chi connectivity index (χ2v) is 9.17. The predicted molar refractivity (Wildman–Crippen MR) is 102 cm³/mol. The second-order valence-electron chi connectivity index (χ2n) is 7.23. The highest BCUT2D eigenvalue weighted by Crippen LogP contribution is 2.21. The first-order valence-electron chi connectivity index (χ1n) is 9.10. The molecule has 1 atom stereocenters. The van der Waals surface area contributed by atoms with Crippen molar-refractivity contribution in [2.24, 2.45) is 5.92 Å². The molecule has 0 unspecified atom stereocenters. The van der Waals surface area contributed by atoms with Gasteiger partial charge in [0.2, 0.25) is 10.0 Å². The van der Waals surface area contributed by atoms with Crippen LogP contribution in [0.25, 0.3) is 0 Å². The molecule has 1 aromatic carbocycles. The molecule has 0 bridgehead atoms. The van der Waals surface area contributed by atoms with E-state index in [0.717, 1.165) is 12.8 Å². The van der Waals surface area contributed by atoms with Crippen molar-refractivity contribution in [3.63, 3.8) is 0 Å². The summed E-state index contributed by atoms with van der Waals surface area (Å²) in [6.07, 6.45) is 1.68. The molecule has 0 spiro atoms. The Morgan fingerprint density at radius 3 is 2.32 bits per heavy atom. The lowest BCUT2D eigenvalue weighted by Gasteiger charge is -2.27. The third-order valence-corrected chi connectivity index (χ3v) is 6.83. The van der Waals surface area contributed by atoms with E-state index in [0.29, 0.717) is 13.1 Å². The van der Waals surface area contributed by atoms with E-state index in [4.69, 9.17) is 4.74 Å². The van der Waals surface area contributed by atoms with Crippen molar-refractivity contribution in [3.05, 3.63) is 29.8 Å². The number of rotatable bonds is 7. The summed E-state index contributed by atoms with van der Waals surface area (Å²) in [5.74, 6) is -1.45. The van der Waals surface area contributed by atoms with Gasteiger partial charge in [-0.05, 0) is 49.9 Å². The topological polar surface area (TPSA) is 117 Å². The highest BCUT2D eigenvalue weighted by Gasteiger charge is 2.30. The lowest BCUT2D eigenvalue weighted by Crippen LogP contribution is -2.50. The van der Waals surface area contributed by atoms with E-state index in [9.17, 15) is 23.3 Å². The van der Waals surface area contributed by atoms with Crippen LogP contribution in [0.5, 0.6) is 0 Å². The van der Waals surface area contributed by atoms with E-state index in [2.05, 4.69) is 5.32 Å². The molecule has 1 fully saturated rings. The number of esters is 1. The molecular weight excluding hydrogens is 382 g/mol. The van der Waals surface area contributed by atoms with Gasteiger partial charge in [0.05, 0.1) is 16.5 Å². The minimum absolute atomic E-state index is 0.116. The van der Waals surface area contributed by atoms with E-state index in [1.807, 2.05) is 6.07 Å². The molecule has 152 valence electrons. The second kappa shape index (κ2) is 8.71. The Morgan fingerprint density at radius 2 is 1.82 bits per heavy atom. The monoisotopic (exact) mass is 407 g/mol. The van der Waals surface area contributed by atoms with Gasteiger partial charge in [-0.1, -0.05) is 13.8 Å². The fraction of sp³-hybridized carbons (Fsp3) is 0.526. The van der Waals surface area contributed by atoms with Crippen LogP contribution in [0, 0.1) is 17.2 Å². The smallest absolute Gasteiger partial charge is 0.338 e. The Hall–Kier alpha value is -2.44. The minimum Gasteiger partial charge on any atom is -0.452 e. The molecule has 1 saturated heterocycles. The van der Waals surface area contributed by atoms with Gasteiger partial charge in [0.15, 0.2) is 6.61 Å². The third kappa shape index (κ3) is 4.88. The van der Waals surface area contributed by atoms with Crippen LogP contribution in [-0.2, 0) is 19.6 Å². The van der Waals surface area contributed by atoms with Gasteiger partial charge in [-0.3, -0.25) is 4.79 Å². The molecule has 0 saturated carbocycles. The quantitative estimate of drug-likeness (QED) is 0.688. The summed E-state index contributed by atoms with van der Waals surface area (Å²) in [7, 11) is -3.55. The van der Waals surface area contributed by atoms with Crippen molar-refractivity contribution in [2.75, 3.05) is 19.7 Å². The molecule has 0 aliphatic carbocycles. The molecule has 0 radical (unpaired) electrons. The summed E-state index contributed by atoms with van der Waals surface area (Å²) >= 11 is 0. The molecule has 1 heterocycles. The highest BCUT2D eigenvalue weighted by atomic mass is 32.2. The Balaban J connectivity index is 1.96. The summed E-state index contributed by atoms with van der Waals surface area (Å²) in [4.78, 5) is 24.2. The number of amides is 1. The number of hydrogen-bond donors (Lipinski definition) is 1. The average Bonchev–Trinajstić information content (AvgIpc) is 3.21. The van der Waals surface area contributed by atoms with E-state index in [-0.39, 0.29) is 16.4 Å². The van der Waals surface area contributed by atoms with E-state index >= 15 is 0 Å². The first-order valence-corrected chi connectivity index (χ1v) is 10.5. The van der Waals surface area contributed by atoms with Crippen molar-refractivity contribution in [1.29, 1.82) is 5.26 Å². The van der Waals surface area contributed by atoms with Crippen LogP contribution in [0.3, 0.4) is 0 Å². The Labute approximate surface area is 165 Å². The van der Waals surface area contributed by atoms with E-state index in [1.54, 1.807) is 20.8 Å². The van der Waals surface area contributed by atoms with Crippen LogP contribution in [0.4, 0.5) is 0 Å². The van der Waals surface area contributed by atoms with Crippen LogP contribution in [0.2, 0.25) is 0 Å². The maximum atomic E-state index is 12.5. The number of carbonyl (C=O) groups excluding carboxylic acids is 2. The molecule has 1 aliphatic rings. The number of benzene rings is 1. The van der Waals surface area contributed by atoms with Crippen LogP contribution >= 0.6 is 0 Å². The number of carbonyl (C=O) groups is 2. The van der Waals surface area contributed by atoms with Crippen molar-refractivity contribution in [2.45, 2.75) is 44.0 Å². The van der Waals surface area contributed by atoms with Gasteiger partial charge in [0.1, 0.15) is 5.54 Å². The normalized spacial score (nSPS) is 17.0. The zero-order valence-corrected chi connectivity index (χ0v) is 17.1. The van der Waals surface area contributed by atoms with Crippen LogP contribution in [-0.4, -0.2) is 49.8 Å². The Morgan fingerprint density at radius 1 is 1.25 bits per heavy atom. The number of sulfonamides is 1. The molecule has 1 amide bonds. The van der Waals surface area contributed by atoms with Crippen LogP contribution in [0.1, 0.15) is 44.0 Å². The van der Waals surface area contributed by atoms with Gasteiger partial charge < -0.3 is 10.1 Å². The van der Waals surface area contributed by atoms with Crippen LogP contribution in [0.15, 0.2) is 29.2 Å². The maximum absolute atomic E-state index is 12.5. The Bertz CT molecular complexity index is 868. The van der Waals surface area contributed by atoms with Gasteiger partial charge in [0, 0.05) is 13.1 Å². The van der Waals surface area contributed by atoms with Gasteiger partial charge in [-0.25, -0.2) is 13.2 Å². The summed E-state index contributed by atoms with van der Waals surface area (Å²) in [5, 5.41) is 11.8. The molecule has 1 N–H and O–H groups in total. The molecular formula is C19H25N3O5S. The number of ether oxygens (including phenoxy) is 1. The van der Waals surface area contributed by atoms with E-state index < -0.39 is 34.0 Å². The average molecular weight is 407 g/mol. The molecule has 28 heavy (non-hydrogen) atoms. The number of nitriles is 1. The fourth-order valence-corrected chi connectivity index (χ4v) is 4.20. The minimum atomic E-state index is -3.55. The SMILES string of the molecule is CC(C)[C@](C)(C#N)NC(=O)COC(=O)c1ccc(S(=O)(=O)N2CCCC2)cc1. The highest BCUT2D eigenvalue weighted by molar-refractivity contribution is 7.89. The molecule has 2 rings (SSSR count). The summed E-state index contributed by atoms with van der Waals surface area (Å²) in [5.41, 5.74) is -0.921. The van der Waals surface area contributed by atoms with Gasteiger partial charge in [0.25, 0.3) is 5.91 Å². The van der Waals surface area contributed by atoms with Gasteiger partial charge in [-0.15, -0.1) is 0 Å². The molecule has 0 aromatic heterocycles. The van der Waals surface area contributed by atoms with Gasteiger partial charge >= 0.3 is 5.97 Å². The molecule has 1 aliphatic heterocycles. The summed E-state index contributed by atoms with van der Waals surface area (Å²) in [6, 6.07) is 7.47. The zero-order chi connectivity index (χ0) is 20.9. The number of nitrogens with zero attached hydrogens (tertiary/aromatic N) is 2. The predicted octanol–water partition coefficient (Wildman–Crippen LogP) is 1.68. The zero-order valence-electron chi connectivity index (χ0n) is 16.3. The summed E-state index contributed by atoms with van der Waals surface area (Å²) < 4.78 is 31.3. The van der Waals surface area contributed by atoms with Crippen molar-refractivity contribution in [3.8, 4) is 6.07 Å². The fourth-order valence-electron chi connectivity index (χ4n) is 2.68. The molecule has 8 nitrogen and oxygen atoms in total. The maximum Gasteiger partial charge on any atom is 0.338 e. The largest absolute Gasteiger partial charge is 0.452 e. The number of hydrogen-bond acceptors (Lipinski definition) is 6. The Kier molecular flexibility index (Phi) is 6.80. The lowest BCUT2D eigenvalue weighted by molar-refractivity contribution is -0.125. The van der Waals surface area contributed by atoms with Crippen molar-refractivity contribution in [1.82, 2.24) is 9.62 Å². The standard InChI is InChI=1S/C19H25N3O5S/c1-14(2)19(3,13-20)21-17(23)12-27-18(24)15-6-8-16(9-7-15)28(25,26)22-10-4-5-11-22/h6-9,14H,4-5,10-12H2,1-3H3,(H,21,23)/t19-/m0/s1. The first kappa shape index (κ1) is 21.9. The van der Waals surface area contributed by atoms with E-state index in [1.165, 1.54) is 28.6 Å². The lowest BCUT2D eigenvalue weighted by atomic mass is 9.90.